The molecule has 0 atom stereocenters. The van der Waals surface area contributed by atoms with E-state index in [0.717, 1.165) is 17.7 Å². The summed E-state index contributed by atoms with van der Waals surface area (Å²) >= 11 is 1.45. The zero-order valence-corrected chi connectivity index (χ0v) is 11.3. The number of nitrogens with two attached hydrogens (primary N) is 1. The Labute approximate surface area is 121 Å². The topological polar surface area (TPSA) is 52.0 Å². The fraction of sp³-hybridized carbons (Fsp3) is 0.0714. The van der Waals surface area contributed by atoms with Crippen LogP contribution in [0.5, 0.6) is 0 Å². The summed E-state index contributed by atoms with van der Waals surface area (Å²) in [5, 5.41) is 7.32. The van der Waals surface area contributed by atoms with Crippen LogP contribution >= 0.6 is 11.3 Å². The number of nitrogens with zero attached hydrogens (tertiary/aromatic N) is 1. The number of hydrogen-bond acceptors (Lipinski definition) is 4. The van der Waals surface area contributed by atoms with Crippen LogP contribution in [-0.2, 0) is 6.18 Å². The number of halogens is 3. The van der Waals surface area contributed by atoms with E-state index in [4.69, 9.17) is 10.3 Å². The maximum atomic E-state index is 12.8. The lowest BCUT2D eigenvalue weighted by Crippen LogP contribution is -2.04. The number of rotatable bonds is 2. The van der Waals surface area contributed by atoms with E-state index in [1.165, 1.54) is 17.4 Å². The standard InChI is InChI=1S/C14H9F3N2OS/c15-14(16,17)10-3-1-2-8(6-10)11-12(20-19-13(11)18)9-4-5-21-7-9/h1-7H,(H2,18,19). The quantitative estimate of drug-likeness (QED) is 0.748. The molecular weight excluding hydrogens is 301 g/mol. The van der Waals surface area contributed by atoms with E-state index in [9.17, 15) is 13.2 Å². The second-order valence-electron chi connectivity index (χ2n) is 4.36. The molecule has 2 heterocycles. The molecule has 7 heteroatoms. The first-order valence-electron chi connectivity index (χ1n) is 5.92. The molecule has 0 aliphatic carbocycles. The third-order valence-corrected chi connectivity index (χ3v) is 3.66. The molecule has 0 saturated heterocycles. The van der Waals surface area contributed by atoms with Crippen molar-refractivity contribution in [2.75, 3.05) is 5.73 Å². The summed E-state index contributed by atoms with van der Waals surface area (Å²) in [7, 11) is 0. The van der Waals surface area contributed by atoms with Crippen LogP contribution in [0, 0.1) is 0 Å². The molecule has 0 aliphatic rings. The third kappa shape index (κ3) is 2.52. The van der Waals surface area contributed by atoms with Gasteiger partial charge in [-0.25, -0.2) is 0 Å². The molecule has 0 fully saturated rings. The molecule has 3 rings (SSSR count). The average molecular weight is 310 g/mol. The van der Waals surface area contributed by atoms with Crippen LogP contribution in [-0.4, -0.2) is 5.16 Å². The zero-order chi connectivity index (χ0) is 15.0. The van der Waals surface area contributed by atoms with Gasteiger partial charge in [0.15, 0.2) is 11.6 Å². The number of benzene rings is 1. The van der Waals surface area contributed by atoms with E-state index in [2.05, 4.69) is 5.16 Å². The van der Waals surface area contributed by atoms with Gasteiger partial charge in [0.25, 0.3) is 0 Å². The van der Waals surface area contributed by atoms with Gasteiger partial charge in [0, 0.05) is 10.9 Å². The molecule has 108 valence electrons. The van der Waals surface area contributed by atoms with Crippen LogP contribution in [0.25, 0.3) is 22.5 Å². The highest BCUT2D eigenvalue weighted by Gasteiger charge is 2.31. The van der Waals surface area contributed by atoms with Crippen molar-refractivity contribution in [2.24, 2.45) is 0 Å². The first-order chi connectivity index (χ1) is 9.97. The van der Waals surface area contributed by atoms with Crippen molar-refractivity contribution in [3.63, 3.8) is 0 Å². The van der Waals surface area contributed by atoms with Crippen molar-refractivity contribution in [1.82, 2.24) is 5.16 Å². The van der Waals surface area contributed by atoms with Gasteiger partial charge in [-0.05, 0) is 29.1 Å². The predicted octanol–water partition coefficient (Wildman–Crippen LogP) is 4.67. The van der Waals surface area contributed by atoms with Crippen LogP contribution in [0.4, 0.5) is 19.0 Å². The minimum atomic E-state index is -4.41. The SMILES string of the molecule is Nc1noc(-c2ccsc2)c1-c1cccc(C(F)(F)F)c1. The van der Waals surface area contributed by atoms with Crippen LogP contribution in [0.3, 0.4) is 0 Å². The van der Waals surface area contributed by atoms with E-state index in [1.807, 2.05) is 10.8 Å². The molecule has 0 amide bonds. The lowest BCUT2D eigenvalue weighted by atomic mass is 10.0. The highest BCUT2D eigenvalue weighted by molar-refractivity contribution is 7.08. The minimum Gasteiger partial charge on any atom is -0.380 e. The molecule has 0 radical (unpaired) electrons. The summed E-state index contributed by atoms with van der Waals surface area (Å²) < 4.78 is 43.6. The van der Waals surface area contributed by atoms with E-state index < -0.39 is 11.7 Å². The van der Waals surface area contributed by atoms with E-state index >= 15 is 0 Å². The van der Waals surface area contributed by atoms with Gasteiger partial charge in [-0.3, -0.25) is 0 Å². The number of thiophene rings is 1. The van der Waals surface area contributed by atoms with Crippen molar-refractivity contribution < 1.29 is 17.7 Å². The van der Waals surface area contributed by atoms with Gasteiger partial charge in [-0.2, -0.15) is 24.5 Å². The average Bonchev–Trinajstić information content (AvgIpc) is 3.06. The van der Waals surface area contributed by atoms with E-state index in [-0.39, 0.29) is 5.82 Å². The van der Waals surface area contributed by atoms with Gasteiger partial charge in [0.05, 0.1) is 11.1 Å². The normalized spacial score (nSPS) is 11.8. The Kier molecular flexibility index (Phi) is 3.21. The summed E-state index contributed by atoms with van der Waals surface area (Å²) in [5.41, 5.74) is 6.45. The number of aromatic nitrogens is 1. The molecule has 1 aromatic carbocycles. The van der Waals surface area contributed by atoms with Crippen molar-refractivity contribution in [3.8, 4) is 22.5 Å². The number of alkyl halides is 3. The molecule has 0 unspecified atom stereocenters. The number of nitrogen functional groups attached to an aromatic ring is 1. The Morgan fingerprint density at radius 1 is 1.14 bits per heavy atom. The van der Waals surface area contributed by atoms with Gasteiger partial charge in [0.1, 0.15) is 0 Å². The Morgan fingerprint density at radius 2 is 1.95 bits per heavy atom. The van der Waals surface area contributed by atoms with Gasteiger partial charge < -0.3 is 10.3 Å². The predicted molar refractivity (Wildman–Crippen MR) is 74.7 cm³/mol. The smallest absolute Gasteiger partial charge is 0.380 e. The summed E-state index contributed by atoms with van der Waals surface area (Å²) in [5.74, 6) is 0.434. The van der Waals surface area contributed by atoms with Gasteiger partial charge >= 0.3 is 6.18 Å². The van der Waals surface area contributed by atoms with Gasteiger partial charge in [0.2, 0.25) is 0 Å². The second-order valence-corrected chi connectivity index (χ2v) is 5.14. The Morgan fingerprint density at radius 3 is 2.62 bits per heavy atom. The summed E-state index contributed by atoms with van der Waals surface area (Å²) in [4.78, 5) is 0. The summed E-state index contributed by atoms with van der Waals surface area (Å²) in [6.45, 7) is 0. The largest absolute Gasteiger partial charge is 0.416 e. The van der Waals surface area contributed by atoms with Gasteiger partial charge in [-0.15, -0.1) is 0 Å². The van der Waals surface area contributed by atoms with Crippen molar-refractivity contribution in [2.45, 2.75) is 6.18 Å². The van der Waals surface area contributed by atoms with Crippen LogP contribution < -0.4 is 5.73 Å². The lowest BCUT2D eigenvalue weighted by molar-refractivity contribution is -0.137. The minimum absolute atomic E-state index is 0.0653. The monoisotopic (exact) mass is 310 g/mol. The first-order valence-corrected chi connectivity index (χ1v) is 6.86. The van der Waals surface area contributed by atoms with Gasteiger partial charge in [-0.1, -0.05) is 17.3 Å². The molecule has 2 N–H and O–H groups in total. The molecule has 0 aliphatic heterocycles. The summed E-state index contributed by atoms with van der Waals surface area (Å²) in [6.07, 6.45) is -4.41. The first kappa shape index (κ1) is 13.7. The maximum Gasteiger partial charge on any atom is 0.416 e. The lowest BCUT2D eigenvalue weighted by Gasteiger charge is -2.08. The zero-order valence-electron chi connectivity index (χ0n) is 10.5. The molecule has 0 spiro atoms. The van der Waals surface area contributed by atoms with E-state index in [0.29, 0.717) is 16.9 Å². The van der Waals surface area contributed by atoms with Crippen LogP contribution in [0.1, 0.15) is 5.56 Å². The number of hydrogen-bond donors (Lipinski definition) is 1. The highest BCUT2D eigenvalue weighted by atomic mass is 32.1. The van der Waals surface area contributed by atoms with Crippen molar-refractivity contribution in [3.05, 3.63) is 46.7 Å². The fourth-order valence-corrected chi connectivity index (χ4v) is 2.66. The molecule has 3 nitrogen and oxygen atoms in total. The van der Waals surface area contributed by atoms with Crippen LogP contribution in [0.2, 0.25) is 0 Å². The van der Waals surface area contributed by atoms with E-state index in [1.54, 1.807) is 12.1 Å². The Balaban J connectivity index is 2.16. The maximum absolute atomic E-state index is 12.8. The molecule has 2 aromatic heterocycles. The van der Waals surface area contributed by atoms with Crippen LogP contribution in [0.15, 0.2) is 45.6 Å². The highest BCUT2D eigenvalue weighted by Crippen LogP contribution is 2.39. The Bertz CT molecular complexity index is 763. The van der Waals surface area contributed by atoms with Crippen molar-refractivity contribution >= 4 is 17.2 Å². The molecule has 0 bridgehead atoms. The molecule has 0 saturated carbocycles. The molecule has 21 heavy (non-hydrogen) atoms. The Hall–Kier alpha value is -2.28. The van der Waals surface area contributed by atoms with Crippen molar-refractivity contribution in [1.29, 1.82) is 0 Å². The second kappa shape index (κ2) is 4.92. The molecule has 3 aromatic rings. The summed E-state index contributed by atoms with van der Waals surface area (Å²) in [6, 6.07) is 6.73. The fourth-order valence-electron chi connectivity index (χ4n) is 2.02. The third-order valence-electron chi connectivity index (χ3n) is 2.98. The molecular formula is C14H9F3N2OS. The number of anilines is 1.